The van der Waals surface area contributed by atoms with Crippen LogP contribution in [0.15, 0.2) is 12.1 Å². The fourth-order valence-electron chi connectivity index (χ4n) is 2.66. The van der Waals surface area contributed by atoms with Gasteiger partial charge in [0.25, 0.3) is 0 Å². The molecule has 0 aliphatic carbocycles. The van der Waals surface area contributed by atoms with E-state index in [9.17, 15) is 5.11 Å². The highest BCUT2D eigenvalue weighted by atomic mass is 32.1. The van der Waals surface area contributed by atoms with E-state index in [-0.39, 0.29) is 0 Å². The summed E-state index contributed by atoms with van der Waals surface area (Å²) in [7, 11) is 0.580. The van der Waals surface area contributed by atoms with Crippen LogP contribution < -0.4 is 4.78 Å². The van der Waals surface area contributed by atoms with Crippen LogP contribution in [0.2, 0.25) is 0 Å². The van der Waals surface area contributed by atoms with E-state index in [4.69, 9.17) is 4.65 Å². The van der Waals surface area contributed by atoms with Crippen LogP contribution in [0.5, 0.6) is 0 Å². The smallest absolute Gasteiger partial charge is 0.319 e. The van der Waals surface area contributed by atoms with Crippen molar-refractivity contribution in [2.75, 3.05) is 0 Å². The Bertz CT molecular complexity index is 454. The first-order valence-corrected chi connectivity index (χ1v) is 10.4. The van der Waals surface area contributed by atoms with Crippen molar-refractivity contribution < 1.29 is 9.76 Å². The van der Waals surface area contributed by atoms with Crippen molar-refractivity contribution in [2.24, 2.45) is 5.92 Å². The summed E-state index contributed by atoms with van der Waals surface area (Å²) >= 11 is 1.87. The van der Waals surface area contributed by atoms with Gasteiger partial charge in [0, 0.05) is 9.65 Å². The molecule has 1 aromatic rings. The van der Waals surface area contributed by atoms with Gasteiger partial charge < -0.3 is 9.76 Å². The largest absolute Gasteiger partial charge is 0.426 e. The second-order valence-electron chi connectivity index (χ2n) is 8.08. The Morgan fingerprint density at radius 2 is 1.67 bits per heavy atom. The molecule has 1 N–H and O–H groups in total. The molecule has 0 amide bonds. The van der Waals surface area contributed by atoms with Crippen LogP contribution in [0, 0.1) is 5.92 Å². The number of hydrogen-bond donors (Lipinski definition) is 1. The maximum atomic E-state index is 10.2. The second kappa shape index (κ2) is 9.99. The van der Waals surface area contributed by atoms with Crippen LogP contribution in [0.3, 0.4) is 0 Å². The van der Waals surface area contributed by atoms with Crippen LogP contribution in [-0.4, -0.2) is 23.8 Å². The summed E-state index contributed by atoms with van der Waals surface area (Å²) in [6.45, 7) is 12.1. The van der Waals surface area contributed by atoms with Crippen molar-refractivity contribution in [1.82, 2.24) is 0 Å². The number of rotatable bonds is 12. The van der Waals surface area contributed by atoms with E-state index < -0.39 is 11.2 Å². The first-order valence-electron chi connectivity index (χ1n) is 9.63. The second-order valence-corrected chi connectivity index (χ2v) is 9.33. The van der Waals surface area contributed by atoms with Crippen LogP contribution in [0.1, 0.15) is 84.9 Å². The van der Waals surface area contributed by atoms with E-state index in [1.54, 1.807) is 13.8 Å². The maximum absolute atomic E-state index is 10.2. The third kappa shape index (κ3) is 7.29. The minimum absolute atomic E-state index is 0.554. The number of hydrogen-bond acceptors (Lipinski definition) is 3. The summed E-state index contributed by atoms with van der Waals surface area (Å²) in [5, 5.41) is 10.2. The van der Waals surface area contributed by atoms with Crippen LogP contribution >= 0.6 is 11.3 Å². The van der Waals surface area contributed by atoms with Gasteiger partial charge in [-0.1, -0.05) is 58.4 Å². The predicted molar refractivity (Wildman–Crippen MR) is 109 cm³/mol. The lowest BCUT2D eigenvalue weighted by Crippen LogP contribution is -2.49. The summed E-state index contributed by atoms with van der Waals surface area (Å²) in [5.41, 5.74) is -1.40. The van der Waals surface area contributed by atoms with Gasteiger partial charge in [-0.05, 0) is 46.1 Å². The Morgan fingerprint density at radius 1 is 1.08 bits per heavy atom. The van der Waals surface area contributed by atoms with Gasteiger partial charge in [0.05, 0.1) is 11.2 Å². The van der Waals surface area contributed by atoms with Gasteiger partial charge >= 0.3 is 7.48 Å². The van der Waals surface area contributed by atoms with Crippen molar-refractivity contribution in [1.29, 1.82) is 0 Å². The molecular weight excluding hydrogens is 315 g/mol. The Hall–Kier alpha value is -0.315. The van der Waals surface area contributed by atoms with Gasteiger partial charge in [-0.15, -0.1) is 0 Å². The molecule has 24 heavy (non-hydrogen) atoms. The molecule has 138 valence electrons. The summed E-state index contributed by atoms with van der Waals surface area (Å²) < 4.78 is 7.25. The van der Waals surface area contributed by atoms with Crippen molar-refractivity contribution in [3.05, 3.63) is 17.0 Å². The molecular formula is C20H37BO2S. The third-order valence-electron chi connectivity index (χ3n) is 5.19. The van der Waals surface area contributed by atoms with Crippen molar-refractivity contribution in [3.8, 4) is 0 Å². The normalized spacial score (nSPS) is 12.8. The van der Waals surface area contributed by atoms with E-state index in [1.807, 2.05) is 25.2 Å². The SMILES string of the molecule is CCCCC(CCCC)Cc1ccc(BOC(C)(C)C(C)(C)O)s1. The van der Waals surface area contributed by atoms with Crippen molar-refractivity contribution >= 4 is 23.6 Å². The Kier molecular flexibility index (Phi) is 9.04. The molecule has 4 heteroatoms. The topological polar surface area (TPSA) is 29.5 Å². The minimum atomic E-state index is -0.849. The van der Waals surface area contributed by atoms with Gasteiger partial charge in [-0.25, -0.2) is 0 Å². The molecule has 0 fully saturated rings. The molecule has 0 saturated carbocycles. The molecule has 0 spiro atoms. The maximum Gasteiger partial charge on any atom is 0.319 e. The first kappa shape index (κ1) is 21.7. The number of unbranched alkanes of at least 4 members (excludes halogenated alkanes) is 2. The lowest BCUT2D eigenvalue weighted by Gasteiger charge is -2.37. The molecule has 1 heterocycles. The highest BCUT2D eigenvalue weighted by Gasteiger charge is 2.35. The van der Waals surface area contributed by atoms with Crippen LogP contribution in [0.25, 0.3) is 0 Å². The molecule has 0 atom stereocenters. The van der Waals surface area contributed by atoms with Gasteiger partial charge in [0.15, 0.2) is 0 Å². The molecule has 0 unspecified atom stereocenters. The first-order chi connectivity index (χ1) is 11.2. The Labute approximate surface area is 154 Å². The van der Waals surface area contributed by atoms with E-state index in [2.05, 4.69) is 26.0 Å². The van der Waals surface area contributed by atoms with Gasteiger partial charge in [-0.3, -0.25) is 0 Å². The Balaban J connectivity index is 2.57. The minimum Gasteiger partial charge on any atom is -0.426 e. The molecule has 0 aliphatic heterocycles. The number of thiophene rings is 1. The van der Waals surface area contributed by atoms with Gasteiger partial charge in [0.2, 0.25) is 0 Å². The number of aliphatic hydroxyl groups is 1. The van der Waals surface area contributed by atoms with Crippen molar-refractivity contribution in [2.45, 2.75) is 97.7 Å². The Morgan fingerprint density at radius 3 is 2.17 bits per heavy atom. The zero-order chi connectivity index (χ0) is 18.2. The quantitative estimate of drug-likeness (QED) is 0.546. The van der Waals surface area contributed by atoms with E-state index in [1.165, 1.54) is 54.6 Å². The fourth-order valence-corrected chi connectivity index (χ4v) is 3.70. The molecule has 0 saturated heterocycles. The zero-order valence-electron chi connectivity index (χ0n) is 16.7. The summed E-state index contributed by atoms with van der Waals surface area (Å²) in [6.07, 6.45) is 9.18. The highest BCUT2D eigenvalue weighted by molar-refractivity contribution is 7.21. The average Bonchev–Trinajstić information content (AvgIpc) is 2.94. The monoisotopic (exact) mass is 352 g/mol. The standard InChI is InChI=1S/C20H37BO2S/c1-7-9-11-16(12-10-8-2)15-17-13-14-18(24-17)21-23-20(5,6)19(3,4)22/h13-14,16,21-22H,7-12,15H2,1-6H3. The van der Waals surface area contributed by atoms with E-state index in [0.717, 1.165) is 5.92 Å². The molecule has 0 bridgehead atoms. The zero-order valence-corrected chi connectivity index (χ0v) is 17.5. The lowest BCUT2D eigenvalue weighted by atomic mass is 9.86. The van der Waals surface area contributed by atoms with Crippen LogP contribution in [0.4, 0.5) is 0 Å². The molecule has 0 radical (unpaired) electrons. The van der Waals surface area contributed by atoms with Gasteiger partial charge in [0.1, 0.15) is 0 Å². The third-order valence-corrected chi connectivity index (χ3v) is 6.27. The fraction of sp³-hybridized carbons (Fsp3) is 0.800. The molecule has 2 nitrogen and oxygen atoms in total. The van der Waals surface area contributed by atoms with E-state index >= 15 is 0 Å². The molecule has 0 aromatic carbocycles. The van der Waals surface area contributed by atoms with E-state index in [0.29, 0.717) is 7.48 Å². The lowest BCUT2D eigenvalue weighted by molar-refractivity contribution is -0.0892. The molecule has 1 rings (SSSR count). The van der Waals surface area contributed by atoms with Gasteiger partial charge in [-0.2, -0.15) is 11.3 Å². The molecule has 1 aromatic heterocycles. The summed E-state index contributed by atoms with van der Waals surface area (Å²) in [6, 6.07) is 4.46. The highest BCUT2D eigenvalue weighted by Crippen LogP contribution is 2.25. The predicted octanol–water partition coefficient (Wildman–Crippen LogP) is 4.83. The average molecular weight is 352 g/mol. The van der Waals surface area contributed by atoms with Crippen LogP contribution in [-0.2, 0) is 11.1 Å². The molecule has 0 aliphatic rings. The van der Waals surface area contributed by atoms with Crippen molar-refractivity contribution in [3.63, 3.8) is 0 Å². The summed E-state index contributed by atoms with van der Waals surface area (Å²) in [4.78, 5) is 1.48. The summed E-state index contributed by atoms with van der Waals surface area (Å²) in [5.74, 6) is 0.824.